The summed E-state index contributed by atoms with van der Waals surface area (Å²) in [4.78, 5) is 10.7. The quantitative estimate of drug-likeness (QED) is 0.507. The monoisotopic (exact) mass is 296 g/mol. The predicted molar refractivity (Wildman–Crippen MR) is 84.8 cm³/mol. The lowest BCUT2D eigenvalue weighted by Gasteiger charge is -2.10. The number of carbonyl (C=O) groups is 1. The molecule has 1 atom stereocenters. The summed E-state index contributed by atoms with van der Waals surface area (Å²) >= 11 is 0. The van der Waals surface area contributed by atoms with Crippen molar-refractivity contribution in [2.24, 2.45) is 0 Å². The van der Waals surface area contributed by atoms with Crippen LogP contribution in [0.1, 0.15) is 47.0 Å². The molecule has 2 N–H and O–H groups in total. The zero-order chi connectivity index (χ0) is 16.3. The van der Waals surface area contributed by atoms with Crippen molar-refractivity contribution in [1.29, 1.82) is 0 Å². The van der Waals surface area contributed by atoms with Crippen LogP contribution in [0.25, 0.3) is 0 Å². The molecule has 0 bridgehead atoms. The Balaban J connectivity index is 4.19. The van der Waals surface area contributed by atoms with Gasteiger partial charge in [-0.2, -0.15) is 0 Å². The van der Waals surface area contributed by atoms with E-state index in [1.165, 1.54) is 6.92 Å². The maximum absolute atomic E-state index is 10.7. The van der Waals surface area contributed by atoms with E-state index in [1.807, 2.05) is 32.9 Å². The van der Waals surface area contributed by atoms with E-state index in [0.29, 0.717) is 6.42 Å². The van der Waals surface area contributed by atoms with Gasteiger partial charge >= 0.3 is 5.97 Å². The molecule has 0 spiro atoms. The molecule has 4 nitrogen and oxygen atoms in total. The van der Waals surface area contributed by atoms with E-state index in [0.717, 1.165) is 29.6 Å². The molecule has 0 heterocycles. The van der Waals surface area contributed by atoms with Crippen LogP contribution in [0.2, 0.25) is 0 Å². The highest BCUT2D eigenvalue weighted by Gasteiger charge is 2.05. The molecule has 0 rings (SSSR count). The van der Waals surface area contributed by atoms with Crippen LogP contribution in [0.5, 0.6) is 0 Å². The third-order valence-electron chi connectivity index (χ3n) is 3.16. The van der Waals surface area contributed by atoms with Gasteiger partial charge in [0.05, 0.1) is 12.7 Å². The highest BCUT2D eigenvalue weighted by molar-refractivity contribution is 5.66. The first-order valence-corrected chi connectivity index (χ1v) is 7.27. The molecule has 0 aromatic heterocycles. The summed E-state index contributed by atoms with van der Waals surface area (Å²) < 4.78 is 4.88. The minimum absolute atomic E-state index is 0.0730. The molecule has 1 unspecified atom stereocenters. The standard InChI is InChI=1S/C17H28O4/c1-13(10-11-18)6-5-7-15(3)17(20)9-8-14(2)12-21-16(4)19/h7-8,10,17-18,20H,5-6,9,11-12H2,1-4H3. The minimum Gasteiger partial charge on any atom is -0.461 e. The Bertz CT molecular complexity index is 405. The Morgan fingerprint density at radius 3 is 2.33 bits per heavy atom. The van der Waals surface area contributed by atoms with Crippen molar-refractivity contribution in [2.45, 2.75) is 53.1 Å². The Kier molecular flexibility index (Phi) is 10.5. The topological polar surface area (TPSA) is 66.8 Å². The maximum Gasteiger partial charge on any atom is 0.302 e. The molecule has 0 fully saturated rings. The highest BCUT2D eigenvalue weighted by atomic mass is 16.5. The molecule has 0 amide bonds. The fraction of sp³-hybridized carbons (Fsp3) is 0.588. The molecule has 0 aromatic rings. The van der Waals surface area contributed by atoms with Crippen LogP contribution in [-0.4, -0.2) is 35.5 Å². The molecule has 0 aliphatic rings. The van der Waals surface area contributed by atoms with Crippen molar-refractivity contribution in [3.63, 3.8) is 0 Å². The second-order valence-corrected chi connectivity index (χ2v) is 5.30. The van der Waals surface area contributed by atoms with Gasteiger partial charge in [-0.15, -0.1) is 0 Å². The number of aliphatic hydroxyl groups is 2. The van der Waals surface area contributed by atoms with Crippen LogP contribution >= 0.6 is 0 Å². The van der Waals surface area contributed by atoms with E-state index < -0.39 is 6.10 Å². The fourth-order valence-corrected chi connectivity index (χ4v) is 1.69. The molecule has 0 radical (unpaired) electrons. The molecular weight excluding hydrogens is 268 g/mol. The number of carbonyl (C=O) groups excluding carboxylic acids is 1. The summed E-state index contributed by atoms with van der Waals surface area (Å²) in [6.45, 7) is 7.49. The molecule has 120 valence electrons. The van der Waals surface area contributed by atoms with Crippen molar-refractivity contribution in [3.05, 3.63) is 34.9 Å². The van der Waals surface area contributed by atoms with Gasteiger partial charge in [0, 0.05) is 6.92 Å². The Morgan fingerprint density at radius 1 is 1.10 bits per heavy atom. The van der Waals surface area contributed by atoms with Crippen LogP contribution in [0.4, 0.5) is 0 Å². The predicted octanol–water partition coefficient (Wildman–Crippen LogP) is 2.91. The van der Waals surface area contributed by atoms with Gasteiger partial charge < -0.3 is 14.9 Å². The molecule has 0 aromatic carbocycles. The van der Waals surface area contributed by atoms with Crippen molar-refractivity contribution in [3.8, 4) is 0 Å². The summed E-state index contributed by atoms with van der Waals surface area (Å²) in [5.74, 6) is -0.300. The minimum atomic E-state index is -0.514. The molecule has 21 heavy (non-hydrogen) atoms. The molecule has 0 aliphatic heterocycles. The Labute approximate surface area is 127 Å². The van der Waals surface area contributed by atoms with Gasteiger partial charge in [-0.05, 0) is 51.2 Å². The molecule has 4 heteroatoms. The van der Waals surface area contributed by atoms with E-state index in [4.69, 9.17) is 9.84 Å². The average Bonchev–Trinajstić information content (AvgIpc) is 2.42. The molecule has 0 aliphatic carbocycles. The zero-order valence-electron chi connectivity index (χ0n) is 13.6. The number of esters is 1. The van der Waals surface area contributed by atoms with Gasteiger partial charge in [-0.25, -0.2) is 0 Å². The second kappa shape index (κ2) is 11.3. The van der Waals surface area contributed by atoms with Gasteiger partial charge in [-0.1, -0.05) is 23.8 Å². The number of aliphatic hydroxyl groups excluding tert-OH is 2. The fourth-order valence-electron chi connectivity index (χ4n) is 1.69. The normalized spacial score (nSPS) is 15.0. The van der Waals surface area contributed by atoms with E-state index in [9.17, 15) is 9.90 Å². The van der Waals surface area contributed by atoms with E-state index in [-0.39, 0.29) is 19.2 Å². The summed E-state index contributed by atoms with van der Waals surface area (Å²) in [5.41, 5.74) is 3.01. The lowest BCUT2D eigenvalue weighted by Crippen LogP contribution is -2.08. The first-order valence-electron chi connectivity index (χ1n) is 7.27. The highest BCUT2D eigenvalue weighted by Crippen LogP contribution is 2.12. The van der Waals surface area contributed by atoms with Gasteiger partial charge in [0.2, 0.25) is 0 Å². The van der Waals surface area contributed by atoms with Crippen LogP contribution in [0.15, 0.2) is 34.9 Å². The smallest absolute Gasteiger partial charge is 0.302 e. The van der Waals surface area contributed by atoms with E-state index in [1.54, 1.807) is 6.08 Å². The Hall–Kier alpha value is -1.39. The van der Waals surface area contributed by atoms with Crippen LogP contribution < -0.4 is 0 Å². The van der Waals surface area contributed by atoms with Crippen molar-refractivity contribution >= 4 is 5.97 Å². The van der Waals surface area contributed by atoms with Crippen LogP contribution in [0, 0.1) is 0 Å². The first-order chi connectivity index (χ1) is 9.86. The number of ether oxygens (including phenoxy) is 1. The van der Waals surface area contributed by atoms with Gasteiger partial charge in [0.1, 0.15) is 6.61 Å². The lowest BCUT2D eigenvalue weighted by atomic mass is 10.0. The first kappa shape index (κ1) is 19.6. The molecule has 0 saturated heterocycles. The number of hydrogen-bond acceptors (Lipinski definition) is 4. The third kappa shape index (κ3) is 11.0. The number of rotatable bonds is 9. The van der Waals surface area contributed by atoms with Crippen molar-refractivity contribution in [1.82, 2.24) is 0 Å². The van der Waals surface area contributed by atoms with E-state index in [2.05, 4.69) is 0 Å². The zero-order valence-corrected chi connectivity index (χ0v) is 13.6. The average molecular weight is 296 g/mol. The third-order valence-corrected chi connectivity index (χ3v) is 3.16. The Morgan fingerprint density at radius 2 is 1.76 bits per heavy atom. The van der Waals surface area contributed by atoms with E-state index >= 15 is 0 Å². The summed E-state index contributed by atoms with van der Waals surface area (Å²) in [6, 6.07) is 0. The van der Waals surface area contributed by atoms with Gasteiger partial charge in [-0.3, -0.25) is 4.79 Å². The number of allylic oxidation sites excluding steroid dienone is 2. The summed E-state index contributed by atoms with van der Waals surface area (Å²) in [7, 11) is 0. The van der Waals surface area contributed by atoms with Gasteiger partial charge in [0.15, 0.2) is 0 Å². The summed E-state index contributed by atoms with van der Waals surface area (Å²) in [6.07, 6.45) is 7.44. The van der Waals surface area contributed by atoms with Crippen molar-refractivity contribution in [2.75, 3.05) is 13.2 Å². The lowest BCUT2D eigenvalue weighted by molar-refractivity contribution is -0.139. The largest absolute Gasteiger partial charge is 0.461 e. The second-order valence-electron chi connectivity index (χ2n) is 5.30. The maximum atomic E-state index is 10.7. The summed E-state index contributed by atoms with van der Waals surface area (Å²) in [5, 5.41) is 18.8. The number of hydrogen-bond donors (Lipinski definition) is 2. The van der Waals surface area contributed by atoms with Crippen LogP contribution in [-0.2, 0) is 9.53 Å². The van der Waals surface area contributed by atoms with Crippen molar-refractivity contribution < 1.29 is 19.7 Å². The molecular formula is C17H28O4. The van der Waals surface area contributed by atoms with Crippen LogP contribution in [0.3, 0.4) is 0 Å². The SMILES string of the molecule is CC(=O)OCC(C)=CCC(O)C(C)=CCCC(C)=CCO. The van der Waals surface area contributed by atoms with Gasteiger partial charge in [0.25, 0.3) is 0 Å². The molecule has 0 saturated carbocycles.